The molecule has 0 radical (unpaired) electrons. The van der Waals surface area contributed by atoms with E-state index >= 15 is 0 Å². The van der Waals surface area contributed by atoms with Crippen LogP contribution in [0.4, 0.5) is 0 Å². The van der Waals surface area contributed by atoms with E-state index < -0.39 is 30.6 Å². The van der Waals surface area contributed by atoms with E-state index in [2.05, 4.69) is 0 Å². The zero-order chi connectivity index (χ0) is 30.6. The van der Waals surface area contributed by atoms with Crippen LogP contribution in [0.25, 0.3) is 0 Å². The molecule has 0 saturated carbocycles. The van der Waals surface area contributed by atoms with Crippen LogP contribution in [0.2, 0.25) is 0 Å². The molecule has 0 amide bonds. The van der Waals surface area contributed by atoms with Gasteiger partial charge in [-0.25, -0.2) is 14.4 Å². The number of phenols is 3. The Bertz CT molecular complexity index is 1400. The van der Waals surface area contributed by atoms with Crippen molar-refractivity contribution in [3.63, 3.8) is 0 Å². The lowest BCUT2D eigenvalue weighted by Crippen LogP contribution is -2.25. The van der Waals surface area contributed by atoms with E-state index in [-0.39, 0.29) is 70.6 Å². The summed E-state index contributed by atoms with van der Waals surface area (Å²) in [6.07, 6.45) is 0.186. The van der Waals surface area contributed by atoms with Gasteiger partial charge in [0.25, 0.3) is 0 Å². The average molecular weight is 585 g/mol. The van der Waals surface area contributed by atoms with Gasteiger partial charge in [-0.05, 0) is 73.9 Å². The second-order valence-corrected chi connectivity index (χ2v) is 9.03. The highest BCUT2D eigenvalue weighted by Gasteiger charge is 2.21. The molecule has 42 heavy (non-hydrogen) atoms. The lowest BCUT2D eigenvalue weighted by atomic mass is 10.1. The molecule has 0 aliphatic heterocycles. The molecule has 0 heterocycles. The number of carbonyl (C=O) groups is 3. The molecule has 12 heteroatoms. The van der Waals surface area contributed by atoms with Crippen molar-refractivity contribution in [1.82, 2.24) is 0 Å². The van der Waals surface area contributed by atoms with Crippen molar-refractivity contribution < 1.29 is 58.5 Å². The third-order valence-corrected chi connectivity index (χ3v) is 6.14. The summed E-state index contributed by atoms with van der Waals surface area (Å²) in [7, 11) is 2.70. The zero-order valence-electron chi connectivity index (χ0n) is 23.1. The van der Waals surface area contributed by atoms with E-state index in [9.17, 15) is 34.8 Å². The molecule has 4 N–H and O–H groups in total. The molecule has 0 aliphatic rings. The van der Waals surface area contributed by atoms with Gasteiger partial charge in [0.15, 0.2) is 23.0 Å². The minimum atomic E-state index is -0.882. The number of carbonyl (C=O) groups excluding carboxylic acids is 3. The molecule has 12 nitrogen and oxygen atoms in total. The van der Waals surface area contributed by atoms with Gasteiger partial charge >= 0.3 is 17.9 Å². The summed E-state index contributed by atoms with van der Waals surface area (Å²) in [5, 5.41) is 38.6. The highest BCUT2D eigenvalue weighted by Crippen LogP contribution is 2.28. The zero-order valence-corrected chi connectivity index (χ0v) is 23.1. The van der Waals surface area contributed by atoms with Crippen molar-refractivity contribution in [1.29, 1.82) is 0 Å². The van der Waals surface area contributed by atoms with Crippen LogP contribution in [-0.2, 0) is 20.8 Å². The van der Waals surface area contributed by atoms with Crippen molar-refractivity contribution in [2.75, 3.05) is 27.4 Å². The fraction of sp³-hybridized carbons (Fsp3) is 0.300. The largest absolute Gasteiger partial charge is 0.508 e. The van der Waals surface area contributed by atoms with Crippen LogP contribution in [0.1, 0.15) is 55.9 Å². The van der Waals surface area contributed by atoms with Crippen LogP contribution in [0, 0.1) is 0 Å². The fourth-order valence-electron chi connectivity index (χ4n) is 3.82. The molecule has 0 spiro atoms. The summed E-state index contributed by atoms with van der Waals surface area (Å²) >= 11 is 0. The van der Waals surface area contributed by atoms with E-state index in [1.54, 1.807) is 0 Å². The Labute approximate surface area is 241 Å². The SMILES string of the molecule is COc1cc(C(=O)OCCCCC(COC(=O)c2ccc(O)c(CO)c2)OC(=O)c2ccc(O)c(OC)c2)ccc1O. The summed E-state index contributed by atoms with van der Waals surface area (Å²) < 4.78 is 26.2. The molecule has 0 aliphatic carbocycles. The van der Waals surface area contributed by atoms with Crippen LogP contribution in [0.3, 0.4) is 0 Å². The van der Waals surface area contributed by atoms with Gasteiger partial charge in [0, 0.05) is 5.56 Å². The minimum absolute atomic E-state index is 0.0507. The van der Waals surface area contributed by atoms with Gasteiger partial charge in [0.1, 0.15) is 18.5 Å². The van der Waals surface area contributed by atoms with E-state index in [1.165, 1.54) is 68.8 Å². The summed E-state index contributed by atoms with van der Waals surface area (Å²) in [5.74, 6) is -2.33. The van der Waals surface area contributed by atoms with E-state index in [1.807, 2.05) is 0 Å². The van der Waals surface area contributed by atoms with Gasteiger partial charge in [0.05, 0.1) is 44.1 Å². The second kappa shape index (κ2) is 15.1. The van der Waals surface area contributed by atoms with Gasteiger partial charge in [-0.2, -0.15) is 0 Å². The molecule has 0 saturated heterocycles. The molecule has 0 fully saturated rings. The number of ether oxygens (including phenoxy) is 5. The average Bonchev–Trinajstić information content (AvgIpc) is 2.99. The summed E-state index contributed by atoms with van der Waals surface area (Å²) in [6, 6.07) is 11.9. The number of aromatic hydroxyl groups is 3. The number of rotatable bonds is 14. The predicted molar refractivity (Wildman–Crippen MR) is 147 cm³/mol. The first-order valence-corrected chi connectivity index (χ1v) is 12.9. The Hall–Kier alpha value is -4.97. The Morgan fingerprint density at radius 1 is 0.690 bits per heavy atom. The maximum Gasteiger partial charge on any atom is 0.338 e. The number of aliphatic hydroxyl groups is 1. The van der Waals surface area contributed by atoms with Crippen LogP contribution in [0.5, 0.6) is 28.7 Å². The first kappa shape index (κ1) is 31.6. The lowest BCUT2D eigenvalue weighted by Gasteiger charge is -2.19. The highest BCUT2D eigenvalue weighted by molar-refractivity contribution is 5.91. The lowest BCUT2D eigenvalue weighted by molar-refractivity contribution is -0.00384. The molecular formula is C30H32O12. The van der Waals surface area contributed by atoms with Crippen molar-refractivity contribution in [3.05, 3.63) is 76.9 Å². The highest BCUT2D eigenvalue weighted by atomic mass is 16.6. The van der Waals surface area contributed by atoms with Crippen molar-refractivity contribution >= 4 is 17.9 Å². The number of aliphatic hydroxyl groups excluding tert-OH is 1. The Balaban J connectivity index is 1.61. The Morgan fingerprint density at radius 2 is 1.21 bits per heavy atom. The van der Waals surface area contributed by atoms with Gasteiger partial charge < -0.3 is 44.1 Å². The van der Waals surface area contributed by atoms with Crippen molar-refractivity contribution in [2.24, 2.45) is 0 Å². The number of unbranched alkanes of at least 4 members (excludes halogenated alkanes) is 1. The maximum atomic E-state index is 12.8. The van der Waals surface area contributed by atoms with E-state index in [4.69, 9.17) is 23.7 Å². The topological polar surface area (TPSA) is 178 Å². The molecule has 1 unspecified atom stereocenters. The number of esters is 3. The van der Waals surface area contributed by atoms with Gasteiger partial charge in [-0.3, -0.25) is 0 Å². The second-order valence-electron chi connectivity index (χ2n) is 9.03. The first-order chi connectivity index (χ1) is 20.2. The third kappa shape index (κ3) is 8.51. The smallest absolute Gasteiger partial charge is 0.338 e. The predicted octanol–water partition coefficient (Wildman–Crippen LogP) is 3.72. The molecule has 1 atom stereocenters. The number of hydrogen-bond acceptors (Lipinski definition) is 12. The minimum Gasteiger partial charge on any atom is -0.508 e. The summed E-state index contributed by atoms with van der Waals surface area (Å²) in [4.78, 5) is 37.8. The number of benzene rings is 3. The van der Waals surface area contributed by atoms with Crippen molar-refractivity contribution in [3.8, 4) is 28.7 Å². The molecular weight excluding hydrogens is 552 g/mol. The molecule has 3 aromatic carbocycles. The summed E-state index contributed by atoms with van der Waals surface area (Å²) in [6.45, 7) is -0.731. The molecule has 224 valence electrons. The molecule has 3 rings (SSSR count). The van der Waals surface area contributed by atoms with Crippen molar-refractivity contribution in [2.45, 2.75) is 32.0 Å². The monoisotopic (exact) mass is 584 g/mol. The van der Waals surface area contributed by atoms with Gasteiger partial charge in [-0.1, -0.05) is 0 Å². The number of hydrogen-bond donors (Lipinski definition) is 4. The maximum absolute atomic E-state index is 12.8. The van der Waals surface area contributed by atoms with E-state index in [0.29, 0.717) is 12.8 Å². The normalized spacial score (nSPS) is 11.3. The number of phenolic OH excluding ortho intramolecular Hbond substituents is 2. The van der Waals surface area contributed by atoms with E-state index in [0.717, 1.165) is 0 Å². The molecule has 0 bridgehead atoms. The first-order valence-electron chi connectivity index (χ1n) is 12.9. The molecule has 0 aromatic heterocycles. The number of methoxy groups -OCH3 is 2. The quantitative estimate of drug-likeness (QED) is 0.123. The molecule has 3 aromatic rings. The van der Waals surface area contributed by atoms with Gasteiger partial charge in [-0.15, -0.1) is 0 Å². The van der Waals surface area contributed by atoms with Crippen LogP contribution >= 0.6 is 0 Å². The summed E-state index contributed by atoms with van der Waals surface area (Å²) in [5.41, 5.74) is 0.536. The standard InChI is InChI=1S/C30H32O12/c1-38-26-14-19(7-10-24(26)33)28(35)40-12-4-3-5-22(42-30(37)20-8-11-25(34)27(15-20)39-2)17-41-29(36)18-6-9-23(32)21(13-18)16-31/h6-11,13-15,22,31-34H,3-5,12,16-17H2,1-2H3. The fourth-order valence-corrected chi connectivity index (χ4v) is 3.82. The Kier molecular flexibility index (Phi) is 11.4. The van der Waals surface area contributed by atoms with Gasteiger partial charge in [0.2, 0.25) is 0 Å². The third-order valence-electron chi connectivity index (χ3n) is 6.14. The van der Waals surface area contributed by atoms with Crippen LogP contribution < -0.4 is 9.47 Å². The Morgan fingerprint density at radius 3 is 1.79 bits per heavy atom. The van der Waals surface area contributed by atoms with Crippen LogP contribution in [0.15, 0.2) is 54.6 Å². The van der Waals surface area contributed by atoms with Crippen LogP contribution in [-0.4, -0.2) is 71.9 Å².